The molecule has 0 spiro atoms. The molecule has 0 atom stereocenters. The van der Waals surface area contributed by atoms with E-state index in [0.717, 1.165) is 42.4 Å². The summed E-state index contributed by atoms with van der Waals surface area (Å²) in [6, 6.07) is 16.2. The lowest BCUT2D eigenvalue weighted by Crippen LogP contribution is -2.43. The van der Waals surface area contributed by atoms with E-state index in [4.69, 9.17) is 23.2 Å². The van der Waals surface area contributed by atoms with Crippen LogP contribution in [0.1, 0.15) is 75.7 Å². The van der Waals surface area contributed by atoms with Crippen molar-refractivity contribution in [1.29, 1.82) is 0 Å². The third-order valence-corrected chi connectivity index (χ3v) is 11.6. The van der Waals surface area contributed by atoms with Crippen molar-refractivity contribution >= 4 is 50.8 Å². The minimum Gasteiger partial charge on any atom is -0.478 e. The van der Waals surface area contributed by atoms with Gasteiger partial charge in [0, 0.05) is 17.3 Å². The van der Waals surface area contributed by atoms with E-state index < -0.39 is 68.2 Å². The molecule has 262 valence electrons. The molecule has 0 unspecified atom stereocenters. The van der Waals surface area contributed by atoms with E-state index in [1.165, 1.54) is 41.3 Å². The van der Waals surface area contributed by atoms with Crippen LogP contribution in [0.4, 0.5) is 23.2 Å². The van der Waals surface area contributed by atoms with Gasteiger partial charge in [0.15, 0.2) is 23.3 Å². The van der Waals surface area contributed by atoms with Gasteiger partial charge >= 0.3 is 5.97 Å². The molecule has 2 aliphatic carbocycles. The number of benzene rings is 4. The number of amides is 1. The number of carbonyl (C=O) groups excluding carboxylic acids is 1. The molecule has 4 aromatic carbocycles. The van der Waals surface area contributed by atoms with E-state index in [0.29, 0.717) is 21.7 Å². The molecular formula is C36H30Cl2F4N2O5S. The standard InChI is InChI=1S/C36H30Cl2F4N2O5S/c1-19-12-23(36(46)47)10-11-28(19)44(16-20-13-25(21-6-7-21)15-26(14-20)22-8-9-22)29(45)18-43(17-24-4-2-3-5-27(24)37)50(48,49)35-30(38)31(39)32(40)33(41)34(35)42/h2-5,10-15,21-22H,6-9,16-18H2,1H3,(H,46,47). The molecule has 2 fully saturated rings. The first kappa shape index (κ1) is 35.8. The van der Waals surface area contributed by atoms with Crippen LogP contribution in [0.15, 0.2) is 65.6 Å². The smallest absolute Gasteiger partial charge is 0.335 e. The quantitative estimate of drug-likeness (QED) is 0.0889. The van der Waals surface area contributed by atoms with Gasteiger partial charge in [-0.2, -0.15) is 4.31 Å². The number of halogens is 6. The molecular weight excluding hydrogens is 719 g/mol. The van der Waals surface area contributed by atoms with Crippen molar-refractivity contribution < 1.29 is 40.7 Å². The van der Waals surface area contributed by atoms with Gasteiger partial charge in [0.25, 0.3) is 0 Å². The van der Waals surface area contributed by atoms with Gasteiger partial charge in [-0.1, -0.05) is 59.6 Å². The van der Waals surface area contributed by atoms with Crippen LogP contribution in [0, 0.1) is 30.2 Å². The zero-order valence-electron chi connectivity index (χ0n) is 26.5. The summed E-state index contributed by atoms with van der Waals surface area (Å²) in [6.07, 6.45) is 4.13. The topological polar surface area (TPSA) is 95.0 Å². The van der Waals surface area contributed by atoms with Crippen molar-refractivity contribution in [2.45, 2.75) is 62.4 Å². The average Bonchev–Trinajstić information content (AvgIpc) is 4.00. The minimum atomic E-state index is -5.37. The maximum absolute atomic E-state index is 15.2. The first-order valence-electron chi connectivity index (χ1n) is 15.7. The molecule has 1 N–H and O–H groups in total. The predicted molar refractivity (Wildman–Crippen MR) is 180 cm³/mol. The number of aryl methyl sites for hydroxylation is 1. The van der Waals surface area contributed by atoms with Crippen LogP contribution >= 0.6 is 23.2 Å². The summed E-state index contributed by atoms with van der Waals surface area (Å²) < 4.78 is 86.7. The fraction of sp³-hybridized carbons (Fsp3) is 0.278. The lowest BCUT2D eigenvalue weighted by atomic mass is 9.99. The first-order chi connectivity index (χ1) is 23.7. The van der Waals surface area contributed by atoms with Crippen LogP contribution in [0.2, 0.25) is 10.0 Å². The Morgan fingerprint density at radius 3 is 1.98 bits per heavy atom. The highest BCUT2D eigenvalue weighted by Gasteiger charge is 2.38. The molecule has 2 aliphatic rings. The third-order valence-electron chi connectivity index (χ3n) is 8.89. The Balaban J connectivity index is 1.45. The molecule has 0 aromatic heterocycles. The van der Waals surface area contributed by atoms with Gasteiger partial charge in [-0.3, -0.25) is 4.79 Å². The van der Waals surface area contributed by atoms with E-state index in [1.54, 1.807) is 13.0 Å². The SMILES string of the molecule is Cc1cc(C(=O)O)ccc1N(Cc1cc(C2CC2)cc(C2CC2)c1)C(=O)CN(Cc1ccccc1Cl)S(=O)(=O)c1c(F)c(F)c(F)c(F)c1Cl. The number of nitrogens with zero attached hydrogens (tertiary/aromatic N) is 2. The Bertz CT molecular complexity index is 2080. The second-order valence-corrected chi connectivity index (χ2v) is 15.3. The van der Waals surface area contributed by atoms with Crippen LogP contribution < -0.4 is 4.90 Å². The van der Waals surface area contributed by atoms with E-state index in [-0.39, 0.29) is 28.4 Å². The van der Waals surface area contributed by atoms with Gasteiger partial charge in [-0.15, -0.1) is 0 Å². The number of aromatic carboxylic acids is 1. The molecule has 0 radical (unpaired) electrons. The van der Waals surface area contributed by atoms with Crippen molar-refractivity contribution in [3.05, 3.63) is 127 Å². The Hall–Kier alpha value is -3.97. The number of sulfonamides is 1. The van der Waals surface area contributed by atoms with E-state index in [1.807, 2.05) is 12.1 Å². The predicted octanol–water partition coefficient (Wildman–Crippen LogP) is 8.74. The maximum Gasteiger partial charge on any atom is 0.335 e. The zero-order valence-corrected chi connectivity index (χ0v) is 28.9. The molecule has 1 amide bonds. The number of carbonyl (C=O) groups is 2. The number of hydrogen-bond acceptors (Lipinski definition) is 4. The van der Waals surface area contributed by atoms with Crippen molar-refractivity contribution in [2.24, 2.45) is 0 Å². The van der Waals surface area contributed by atoms with Crippen molar-refractivity contribution in [1.82, 2.24) is 4.31 Å². The van der Waals surface area contributed by atoms with Crippen LogP contribution in [0.3, 0.4) is 0 Å². The number of anilines is 1. The highest BCUT2D eigenvalue weighted by Crippen LogP contribution is 2.45. The van der Waals surface area contributed by atoms with Crippen LogP contribution in [-0.2, 0) is 27.9 Å². The largest absolute Gasteiger partial charge is 0.478 e. The molecule has 4 aromatic rings. The fourth-order valence-electron chi connectivity index (χ4n) is 5.94. The Morgan fingerprint density at radius 2 is 1.42 bits per heavy atom. The molecule has 0 aliphatic heterocycles. The van der Waals surface area contributed by atoms with Gasteiger partial charge in [-0.05, 0) is 96.5 Å². The second-order valence-electron chi connectivity index (χ2n) is 12.6. The fourth-order valence-corrected chi connectivity index (χ4v) is 8.08. The van der Waals surface area contributed by atoms with Gasteiger partial charge in [-0.25, -0.2) is 30.8 Å². The van der Waals surface area contributed by atoms with Crippen molar-refractivity contribution in [3.8, 4) is 0 Å². The summed E-state index contributed by atoms with van der Waals surface area (Å²) in [5.41, 5.74) is 3.78. The number of hydrogen-bond donors (Lipinski definition) is 1. The van der Waals surface area contributed by atoms with Gasteiger partial charge in [0.2, 0.25) is 15.9 Å². The van der Waals surface area contributed by atoms with E-state index in [9.17, 15) is 36.3 Å². The van der Waals surface area contributed by atoms with Crippen molar-refractivity contribution in [2.75, 3.05) is 11.4 Å². The summed E-state index contributed by atoms with van der Waals surface area (Å²) in [5, 5.41) is 8.10. The Kier molecular flexibility index (Phi) is 10.0. The first-order valence-corrected chi connectivity index (χ1v) is 17.9. The van der Waals surface area contributed by atoms with Gasteiger partial charge in [0.05, 0.1) is 18.7 Å². The highest BCUT2D eigenvalue weighted by atomic mass is 35.5. The number of rotatable bonds is 12. The van der Waals surface area contributed by atoms with E-state index >= 15 is 4.39 Å². The van der Waals surface area contributed by atoms with Gasteiger partial charge < -0.3 is 10.0 Å². The Morgan fingerprint density at radius 1 is 0.820 bits per heavy atom. The van der Waals surface area contributed by atoms with Crippen LogP contribution in [0.5, 0.6) is 0 Å². The molecule has 7 nitrogen and oxygen atoms in total. The summed E-state index contributed by atoms with van der Waals surface area (Å²) in [4.78, 5) is 25.7. The minimum absolute atomic E-state index is 0.0428. The number of carboxylic acid groups (broad SMARTS) is 1. The normalized spacial score (nSPS) is 14.6. The lowest BCUT2D eigenvalue weighted by molar-refractivity contribution is -0.119. The molecule has 6 rings (SSSR count). The lowest BCUT2D eigenvalue weighted by Gasteiger charge is -2.29. The zero-order chi connectivity index (χ0) is 36.1. The van der Waals surface area contributed by atoms with Gasteiger partial charge in [0.1, 0.15) is 9.92 Å². The second kappa shape index (κ2) is 14.0. The van der Waals surface area contributed by atoms with Crippen LogP contribution in [0.25, 0.3) is 0 Å². The van der Waals surface area contributed by atoms with E-state index in [2.05, 4.69) is 6.07 Å². The number of carboxylic acids is 1. The summed E-state index contributed by atoms with van der Waals surface area (Å²) in [7, 11) is -5.37. The molecule has 14 heteroatoms. The monoisotopic (exact) mass is 748 g/mol. The molecule has 0 bridgehead atoms. The summed E-state index contributed by atoms with van der Waals surface area (Å²) in [5.74, 6) is -10.3. The third kappa shape index (κ3) is 7.25. The summed E-state index contributed by atoms with van der Waals surface area (Å²) >= 11 is 12.1. The summed E-state index contributed by atoms with van der Waals surface area (Å²) in [6.45, 7) is -0.142. The van der Waals surface area contributed by atoms with Crippen LogP contribution in [-0.4, -0.2) is 36.3 Å². The van der Waals surface area contributed by atoms with Crippen molar-refractivity contribution in [3.63, 3.8) is 0 Å². The molecule has 0 heterocycles. The highest BCUT2D eigenvalue weighted by molar-refractivity contribution is 7.89. The molecule has 0 saturated heterocycles. The maximum atomic E-state index is 15.2. The molecule has 2 saturated carbocycles. The Labute approximate surface area is 296 Å². The average molecular weight is 750 g/mol. The molecule has 50 heavy (non-hydrogen) atoms.